The molecule has 194 valence electrons. The van der Waals surface area contributed by atoms with Gasteiger partial charge in [-0.1, -0.05) is 60.8 Å². The van der Waals surface area contributed by atoms with Crippen LogP contribution < -0.4 is 16.0 Å². The molecule has 0 atom stereocenters. The highest BCUT2D eigenvalue weighted by molar-refractivity contribution is 7.24. The number of hydrogen-bond acceptors (Lipinski definition) is 6. The van der Waals surface area contributed by atoms with E-state index in [9.17, 15) is 4.79 Å². The Bertz CT molecular complexity index is 1380. The number of urea groups is 1. The quantitative estimate of drug-likeness (QED) is 0.166. The topological polar surface area (TPSA) is 82.2 Å². The minimum absolute atomic E-state index is 0.394. The van der Waals surface area contributed by atoms with Crippen molar-refractivity contribution in [2.24, 2.45) is 0 Å². The van der Waals surface area contributed by atoms with Gasteiger partial charge in [-0.3, -0.25) is 0 Å². The number of hydrogen-bond donors (Lipinski definition) is 3. The Morgan fingerprint density at radius 3 is 2.41 bits per heavy atom. The molecule has 4 rings (SSSR count). The zero-order valence-corrected chi connectivity index (χ0v) is 23.5. The molecule has 3 N–H and O–H groups in total. The van der Waals surface area contributed by atoms with Crippen molar-refractivity contribution in [1.82, 2.24) is 14.9 Å². The van der Waals surface area contributed by atoms with Gasteiger partial charge in [-0.2, -0.15) is 0 Å². The number of para-hydroxylation sites is 1. The van der Waals surface area contributed by atoms with Gasteiger partial charge in [0.1, 0.15) is 15.7 Å². The van der Waals surface area contributed by atoms with Crippen LogP contribution in [0, 0.1) is 0 Å². The van der Waals surface area contributed by atoms with Crippen LogP contribution in [0.3, 0.4) is 0 Å². The lowest BCUT2D eigenvalue weighted by molar-refractivity contribution is 0.262. The Morgan fingerprint density at radius 1 is 0.973 bits per heavy atom. The molecule has 0 unspecified atom stereocenters. The highest BCUT2D eigenvalue weighted by Gasteiger charge is 2.17. The summed E-state index contributed by atoms with van der Waals surface area (Å²) in [5, 5.41) is 9.87. The van der Waals surface area contributed by atoms with E-state index in [1.165, 1.54) is 11.3 Å². The van der Waals surface area contributed by atoms with E-state index in [-0.39, 0.29) is 0 Å². The van der Waals surface area contributed by atoms with E-state index in [0.29, 0.717) is 42.9 Å². The summed E-state index contributed by atoms with van der Waals surface area (Å²) in [5.74, 6) is 1.22. The van der Waals surface area contributed by atoms with Gasteiger partial charge in [-0.05, 0) is 62.5 Å². The summed E-state index contributed by atoms with van der Waals surface area (Å²) in [4.78, 5) is 24.2. The fourth-order valence-electron chi connectivity index (χ4n) is 3.77. The summed E-state index contributed by atoms with van der Waals surface area (Å²) in [6.07, 6.45) is 0.978. The van der Waals surface area contributed by atoms with Crippen molar-refractivity contribution >= 4 is 79.6 Å². The van der Waals surface area contributed by atoms with Crippen molar-refractivity contribution in [3.63, 3.8) is 0 Å². The zero-order valence-electron chi connectivity index (χ0n) is 20.4. The maximum atomic E-state index is 12.4. The third-order valence-electron chi connectivity index (χ3n) is 5.80. The van der Waals surface area contributed by atoms with Crippen LogP contribution in [-0.2, 0) is 0 Å². The molecule has 37 heavy (non-hydrogen) atoms. The number of amides is 2. The number of anilines is 3. The number of carbonyl (C=O) groups is 1. The van der Waals surface area contributed by atoms with Gasteiger partial charge in [0.15, 0.2) is 5.82 Å². The molecule has 0 aliphatic carbocycles. The van der Waals surface area contributed by atoms with Gasteiger partial charge in [0.05, 0.1) is 20.4 Å². The SMILES string of the molecule is CCN(CC)CCCNc1nc(-c2ccc(NC(=O)Nc3ccccc3Cl)cc2)nc2c(Cl)c(Cl)sc12. The maximum Gasteiger partial charge on any atom is 0.323 e. The summed E-state index contributed by atoms with van der Waals surface area (Å²) in [6, 6.07) is 13.9. The Hall–Kier alpha value is -2.62. The van der Waals surface area contributed by atoms with Gasteiger partial charge >= 0.3 is 6.03 Å². The molecule has 0 spiro atoms. The van der Waals surface area contributed by atoms with E-state index < -0.39 is 6.03 Å². The first-order valence-electron chi connectivity index (χ1n) is 11.9. The van der Waals surface area contributed by atoms with Crippen molar-refractivity contribution in [3.8, 4) is 11.4 Å². The molecule has 0 saturated carbocycles. The fraction of sp³-hybridized carbons (Fsp3) is 0.269. The lowest BCUT2D eigenvalue weighted by Crippen LogP contribution is -2.25. The molecule has 0 fully saturated rings. The molecule has 4 aromatic rings. The predicted molar refractivity (Wildman–Crippen MR) is 158 cm³/mol. The summed E-state index contributed by atoms with van der Waals surface area (Å²) < 4.78 is 1.31. The average molecular weight is 578 g/mol. The number of rotatable bonds is 10. The molecule has 2 amide bonds. The van der Waals surface area contributed by atoms with E-state index >= 15 is 0 Å². The van der Waals surface area contributed by atoms with Gasteiger partial charge in [-0.25, -0.2) is 14.8 Å². The van der Waals surface area contributed by atoms with E-state index in [2.05, 4.69) is 39.7 Å². The molecule has 0 bridgehead atoms. The number of fused-ring (bicyclic) bond motifs is 1. The van der Waals surface area contributed by atoms with Gasteiger partial charge < -0.3 is 20.9 Å². The highest BCUT2D eigenvalue weighted by atomic mass is 35.5. The van der Waals surface area contributed by atoms with Gasteiger partial charge in [0.2, 0.25) is 0 Å². The van der Waals surface area contributed by atoms with Crippen LogP contribution in [0.4, 0.5) is 22.0 Å². The van der Waals surface area contributed by atoms with Crippen molar-refractivity contribution in [1.29, 1.82) is 0 Å². The second-order valence-corrected chi connectivity index (χ2v) is 10.6. The second kappa shape index (κ2) is 12.8. The van der Waals surface area contributed by atoms with Crippen LogP contribution >= 0.6 is 46.1 Å². The van der Waals surface area contributed by atoms with Crippen LogP contribution in [0.25, 0.3) is 21.6 Å². The van der Waals surface area contributed by atoms with Crippen molar-refractivity contribution in [2.45, 2.75) is 20.3 Å². The first kappa shape index (κ1) is 27.4. The summed E-state index contributed by atoms with van der Waals surface area (Å²) >= 11 is 20.3. The van der Waals surface area contributed by atoms with Crippen LogP contribution in [-0.4, -0.2) is 47.1 Å². The first-order valence-corrected chi connectivity index (χ1v) is 13.9. The predicted octanol–water partition coefficient (Wildman–Crippen LogP) is 8.11. The molecule has 0 saturated heterocycles. The van der Waals surface area contributed by atoms with Gasteiger partial charge in [0, 0.05) is 17.8 Å². The van der Waals surface area contributed by atoms with E-state index in [0.717, 1.165) is 42.9 Å². The molecule has 0 aliphatic heterocycles. The lowest BCUT2D eigenvalue weighted by Gasteiger charge is -2.18. The average Bonchev–Trinajstić information content (AvgIpc) is 3.19. The van der Waals surface area contributed by atoms with Gasteiger partial charge in [0.25, 0.3) is 0 Å². The Morgan fingerprint density at radius 2 is 1.70 bits per heavy atom. The number of thiophene rings is 1. The monoisotopic (exact) mass is 576 g/mol. The maximum absolute atomic E-state index is 12.4. The van der Waals surface area contributed by atoms with Crippen molar-refractivity contribution < 1.29 is 4.79 Å². The van der Waals surface area contributed by atoms with Crippen molar-refractivity contribution in [2.75, 3.05) is 42.1 Å². The number of benzene rings is 2. The van der Waals surface area contributed by atoms with Crippen molar-refractivity contribution in [3.05, 3.63) is 62.9 Å². The van der Waals surface area contributed by atoms with Crippen LogP contribution in [0.1, 0.15) is 20.3 Å². The smallest absolute Gasteiger partial charge is 0.323 e. The normalized spacial score (nSPS) is 11.2. The highest BCUT2D eigenvalue weighted by Crippen LogP contribution is 2.41. The number of aromatic nitrogens is 2. The summed E-state index contributed by atoms with van der Waals surface area (Å²) in [7, 11) is 0. The van der Waals surface area contributed by atoms with Crippen LogP contribution in [0.5, 0.6) is 0 Å². The third-order valence-corrected chi connectivity index (χ3v) is 8.10. The minimum Gasteiger partial charge on any atom is -0.369 e. The summed E-state index contributed by atoms with van der Waals surface area (Å²) in [5.41, 5.74) is 2.54. The molecule has 2 heterocycles. The number of nitrogens with zero attached hydrogens (tertiary/aromatic N) is 3. The van der Waals surface area contributed by atoms with E-state index in [4.69, 9.17) is 39.8 Å². The van der Waals surface area contributed by atoms with E-state index in [1.54, 1.807) is 36.4 Å². The minimum atomic E-state index is -0.394. The molecule has 2 aromatic carbocycles. The zero-order chi connectivity index (χ0) is 26.4. The molecule has 0 radical (unpaired) electrons. The largest absolute Gasteiger partial charge is 0.369 e. The molecule has 7 nitrogen and oxygen atoms in total. The van der Waals surface area contributed by atoms with Crippen LogP contribution in [0.2, 0.25) is 14.4 Å². The molecular formula is C26H27Cl3N6OS. The number of halogens is 3. The summed E-state index contributed by atoms with van der Waals surface area (Å²) in [6.45, 7) is 8.16. The molecule has 11 heteroatoms. The fourth-order valence-corrected chi connectivity index (χ4v) is 5.41. The first-order chi connectivity index (χ1) is 17.9. The Kier molecular flexibility index (Phi) is 9.45. The third kappa shape index (κ3) is 6.83. The Balaban J connectivity index is 1.50. The standard InChI is InChI=1S/C26H27Cl3N6OS/c1-3-35(4-2)15-7-14-30-25-22-21(20(28)23(29)37-22)33-24(34-25)16-10-12-17(13-11-16)31-26(36)32-19-9-6-5-8-18(19)27/h5-6,8-13H,3-4,7,14-15H2,1-2H3,(H,30,33,34)(H2,31,32,36). The second-order valence-electron chi connectivity index (χ2n) is 8.21. The molecular weight excluding hydrogens is 551 g/mol. The number of carbonyl (C=O) groups excluding carboxylic acids is 1. The lowest BCUT2D eigenvalue weighted by atomic mass is 10.2. The molecule has 0 aliphatic rings. The van der Waals surface area contributed by atoms with E-state index in [1.807, 2.05) is 12.1 Å². The van der Waals surface area contributed by atoms with Crippen LogP contribution in [0.15, 0.2) is 48.5 Å². The van der Waals surface area contributed by atoms with Gasteiger partial charge in [-0.15, -0.1) is 11.3 Å². The molecule has 2 aromatic heterocycles. The Labute approximate surface area is 235 Å². The number of nitrogens with one attached hydrogen (secondary N) is 3.